The van der Waals surface area contributed by atoms with Crippen molar-refractivity contribution in [1.82, 2.24) is 14.9 Å². The molecule has 25 heavy (non-hydrogen) atoms. The number of fused-ring (bicyclic) bond motifs is 5. The molecule has 3 heterocycles. The molecule has 1 aromatic heterocycles. The number of hydrogen-bond acceptors (Lipinski definition) is 7. The van der Waals surface area contributed by atoms with Crippen molar-refractivity contribution in [3.8, 4) is 0 Å². The number of nitrogens with one attached hydrogen (secondary N) is 1. The Hall–Kier alpha value is -2.03. The van der Waals surface area contributed by atoms with Gasteiger partial charge in [-0.15, -0.1) is 0 Å². The number of ether oxygens (including phenoxy) is 2. The van der Waals surface area contributed by atoms with Crippen LogP contribution < -0.4 is 5.32 Å². The zero-order valence-electron chi connectivity index (χ0n) is 13.6. The molecule has 1 saturated carbocycles. The fraction of sp³-hybridized carbons (Fsp3) is 0.588. The number of Topliss-reactive ketones (excluding diaryl/α,β-unsaturated/α-hetero) is 1. The highest BCUT2D eigenvalue weighted by molar-refractivity contribution is 6.23. The molecule has 5 rings (SSSR count). The average Bonchev–Trinajstić information content (AvgIpc) is 3.30. The number of imidazole rings is 1. The van der Waals surface area contributed by atoms with Crippen LogP contribution in [0.2, 0.25) is 0 Å². The molecule has 2 N–H and O–H groups in total. The summed E-state index contributed by atoms with van der Waals surface area (Å²) < 4.78 is 12.8. The molecule has 132 valence electrons. The summed E-state index contributed by atoms with van der Waals surface area (Å²) in [7, 11) is 0. The van der Waals surface area contributed by atoms with Crippen LogP contribution in [0.1, 0.15) is 58.7 Å². The summed E-state index contributed by atoms with van der Waals surface area (Å²) in [5.74, 6) is -0.0458. The van der Waals surface area contributed by atoms with Gasteiger partial charge in [-0.3, -0.25) is 14.2 Å². The van der Waals surface area contributed by atoms with Gasteiger partial charge in [-0.25, -0.2) is 4.98 Å². The summed E-state index contributed by atoms with van der Waals surface area (Å²) in [5, 5.41) is 13.2. The zero-order chi connectivity index (χ0) is 17.1. The summed E-state index contributed by atoms with van der Waals surface area (Å²) in [6.07, 6.45) is 3.74. The Kier molecular flexibility index (Phi) is 3.34. The lowest BCUT2D eigenvalue weighted by Crippen LogP contribution is -2.38. The maximum Gasteiger partial charge on any atom is 0.229 e. The molecule has 1 aromatic rings. The van der Waals surface area contributed by atoms with Crippen LogP contribution in [0.4, 0.5) is 0 Å². The number of hydrogen-bond donors (Lipinski definition) is 2. The quantitative estimate of drug-likeness (QED) is 0.803. The van der Waals surface area contributed by atoms with Gasteiger partial charge < -0.3 is 19.9 Å². The lowest BCUT2D eigenvalue weighted by molar-refractivity contribution is -0.0992. The minimum Gasteiger partial charge on any atom is -0.388 e. The third kappa shape index (κ3) is 2.21. The molecule has 2 fully saturated rings. The van der Waals surface area contributed by atoms with E-state index in [1.165, 1.54) is 6.08 Å². The molecule has 3 atom stereocenters. The van der Waals surface area contributed by atoms with E-state index in [0.29, 0.717) is 11.5 Å². The van der Waals surface area contributed by atoms with Gasteiger partial charge in [0.2, 0.25) is 11.6 Å². The Balaban J connectivity index is 1.52. The molecular formula is C17H19N3O5. The van der Waals surface area contributed by atoms with Crippen molar-refractivity contribution in [3.63, 3.8) is 0 Å². The van der Waals surface area contributed by atoms with Crippen molar-refractivity contribution >= 4 is 11.6 Å². The van der Waals surface area contributed by atoms with Crippen molar-refractivity contribution in [2.45, 2.75) is 56.8 Å². The molecular weight excluding hydrogens is 326 g/mol. The summed E-state index contributed by atoms with van der Waals surface area (Å²) in [5.41, 5.74) is 0.714. The second-order valence-corrected chi connectivity index (χ2v) is 7.04. The molecule has 0 radical (unpaired) electrons. The molecule has 8 nitrogen and oxygen atoms in total. The van der Waals surface area contributed by atoms with E-state index in [-0.39, 0.29) is 42.2 Å². The van der Waals surface area contributed by atoms with Gasteiger partial charge in [-0.1, -0.05) is 12.8 Å². The standard InChI is InChI=1S/C17H19N3O5/c21-10-5-9(18-8-3-1-2-4-8)15(23)13-14(10)20-12(19-13)7-24-16-11(22)6-25-17(16)20/h5,8,11,16-18,22H,1-4,6-7H2/t11-,16-,17+/m1/s1. The Bertz CT molecular complexity index is 792. The molecule has 0 aromatic carbocycles. The van der Waals surface area contributed by atoms with E-state index in [1.807, 2.05) is 0 Å². The molecule has 0 spiro atoms. The van der Waals surface area contributed by atoms with E-state index in [1.54, 1.807) is 4.57 Å². The van der Waals surface area contributed by atoms with E-state index in [9.17, 15) is 14.7 Å². The largest absolute Gasteiger partial charge is 0.388 e. The van der Waals surface area contributed by atoms with E-state index in [4.69, 9.17) is 9.47 Å². The van der Waals surface area contributed by atoms with Gasteiger partial charge in [0.25, 0.3) is 0 Å². The van der Waals surface area contributed by atoms with Crippen LogP contribution in [0.25, 0.3) is 0 Å². The first kappa shape index (κ1) is 15.2. The maximum absolute atomic E-state index is 12.8. The Labute approximate surface area is 143 Å². The number of carbonyl (C=O) groups is 2. The van der Waals surface area contributed by atoms with Gasteiger partial charge in [-0.05, 0) is 12.8 Å². The number of aromatic nitrogens is 2. The van der Waals surface area contributed by atoms with Gasteiger partial charge in [0.05, 0.1) is 12.3 Å². The van der Waals surface area contributed by atoms with Gasteiger partial charge in [-0.2, -0.15) is 0 Å². The minimum atomic E-state index is -0.749. The molecule has 0 amide bonds. The van der Waals surface area contributed by atoms with Gasteiger partial charge in [0.15, 0.2) is 6.23 Å². The lowest BCUT2D eigenvalue weighted by atomic mass is 10.0. The maximum atomic E-state index is 12.8. The molecule has 4 aliphatic rings. The first-order valence-corrected chi connectivity index (χ1v) is 8.73. The first-order valence-electron chi connectivity index (χ1n) is 8.73. The van der Waals surface area contributed by atoms with Crippen LogP contribution in [0, 0.1) is 0 Å². The molecule has 2 aliphatic heterocycles. The van der Waals surface area contributed by atoms with Crippen molar-refractivity contribution in [1.29, 1.82) is 0 Å². The summed E-state index contributed by atoms with van der Waals surface area (Å²) in [6.45, 7) is 0.273. The van der Waals surface area contributed by atoms with E-state index in [0.717, 1.165) is 25.7 Å². The number of allylic oxidation sites excluding steroid dienone is 2. The molecule has 8 heteroatoms. The van der Waals surface area contributed by atoms with Gasteiger partial charge in [0.1, 0.15) is 36.0 Å². The Morgan fingerprint density at radius 3 is 2.84 bits per heavy atom. The van der Waals surface area contributed by atoms with Crippen molar-refractivity contribution < 1.29 is 24.2 Å². The SMILES string of the molecule is O=C1C(NC2CCCC2)=CC(=O)c2c1nc1n2[C@H]2OC[C@@H](O)[C@H]2OC1. The second-order valence-electron chi connectivity index (χ2n) is 7.04. The van der Waals surface area contributed by atoms with Crippen molar-refractivity contribution in [3.05, 3.63) is 29.0 Å². The highest BCUT2D eigenvalue weighted by atomic mass is 16.6. The number of aliphatic hydroxyl groups is 1. The number of rotatable bonds is 2. The average molecular weight is 345 g/mol. The highest BCUT2D eigenvalue weighted by Crippen LogP contribution is 2.36. The van der Waals surface area contributed by atoms with Gasteiger partial charge in [0, 0.05) is 12.1 Å². The predicted molar refractivity (Wildman–Crippen MR) is 83.9 cm³/mol. The number of nitrogens with zero attached hydrogens (tertiary/aromatic N) is 2. The molecule has 2 aliphatic carbocycles. The first-order chi connectivity index (χ1) is 12.1. The normalized spacial score (nSPS) is 31.6. The van der Waals surface area contributed by atoms with Crippen LogP contribution >= 0.6 is 0 Å². The monoisotopic (exact) mass is 345 g/mol. The van der Waals surface area contributed by atoms with Gasteiger partial charge >= 0.3 is 0 Å². The van der Waals surface area contributed by atoms with E-state index in [2.05, 4.69) is 10.3 Å². The second kappa shape index (κ2) is 5.48. The Morgan fingerprint density at radius 1 is 1.24 bits per heavy atom. The Morgan fingerprint density at radius 2 is 2.04 bits per heavy atom. The lowest BCUT2D eigenvalue weighted by Gasteiger charge is -2.29. The number of aliphatic hydroxyl groups excluding tert-OH is 1. The third-order valence-corrected chi connectivity index (χ3v) is 5.42. The van der Waals surface area contributed by atoms with Crippen LogP contribution in [0.3, 0.4) is 0 Å². The smallest absolute Gasteiger partial charge is 0.229 e. The summed E-state index contributed by atoms with van der Waals surface area (Å²) >= 11 is 0. The molecule has 1 saturated heterocycles. The summed E-state index contributed by atoms with van der Waals surface area (Å²) in [6, 6.07) is 0.239. The fourth-order valence-corrected chi connectivity index (χ4v) is 4.20. The predicted octanol–water partition coefficient (Wildman–Crippen LogP) is 0.467. The van der Waals surface area contributed by atoms with E-state index < -0.39 is 18.4 Å². The van der Waals surface area contributed by atoms with E-state index >= 15 is 0 Å². The van der Waals surface area contributed by atoms with Crippen LogP contribution in [-0.2, 0) is 16.1 Å². The topological polar surface area (TPSA) is 103 Å². The number of ketones is 2. The third-order valence-electron chi connectivity index (χ3n) is 5.42. The zero-order valence-corrected chi connectivity index (χ0v) is 13.6. The minimum absolute atomic E-state index is 0.133. The van der Waals surface area contributed by atoms with Crippen LogP contribution in [-0.4, -0.2) is 51.1 Å². The molecule has 0 bridgehead atoms. The number of carbonyl (C=O) groups excluding carboxylic acids is 2. The van der Waals surface area contributed by atoms with Crippen molar-refractivity contribution in [2.24, 2.45) is 0 Å². The molecule has 0 unspecified atom stereocenters. The fourth-order valence-electron chi connectivity index (χ4n) is 4.20. The van der Waals surface area contributed by atoms with Crippen molar-refractivity contribution in [2.75, 3.05) is 6.61 Å². The van der Waals surface area contributed by atoms with Crippen LogP contribution in [0.15, 0.2) is 11.8 Å². The van der Waals surface area contributed by atoms with Crippen LogP contribution in [0.5, 0.6) is 0 Å². The summed E-state index contributed by atoms with van der Waals surface area (Å²) in [4.78, 5) is 29.9. The highest BCUT2D eigenvalue weighted by Gasteiger charge is 2.46.